The van der Waals surface area contributed by atoms with E-state index >= 15 is 0 Å². The zero-order valence-electron chi connectivity index (χ0n) is 19.4. The molecule has 0 saturated carbocycles. The molecule has 4 rings (SSSR count). The highest BCUT2D eigenvalue weighted by atomic mass is 32.2. The van der Waals surface area contributed by atoms with Gasteiger partial charge in [-0.2, -0.15) is 0 Å². The second-order valence-corrected chi connectivity index (χ2v) is 8.92. The van der Waals surface area contributed by atoms with Crippen molar-refractivity contribution in [3.63, 3.8) is 0 Å². The summed E-state index contributed by atoms with van der Waals surface area (Å²) in [6.07, 6.45) is 1.77. The molecule has 1 fully saturated rings. The maximum atomic E-state index is 12.5. The second kappa shape index (κ2) is 10.4. The van der Waals surface area contributed by atoms with Crippen LogP contribution in [0.2, 0.25) is 0 Å². The summed E-state index contributed by atoms with van der Waals surface area (Å²) in [6.45, 7) is 4.21. The van der Waals surface area contributed by atoms with E-state index < -0.39 is 4.92 Å². The molecule has 1 aliphatic heterocycles. The molecule has 1 heterocycles. The highest BCUT2D eigenvalue weighted by Gasteiger charge is 2.24. The first-order valence-corrected chi connectivity index (χ1v) is 11.5. The normalized spacial score (nSPS) is 15.3. The van der Waals surface area contributed by atoms with Gasteiger partial charge in [0.1, 0.15) is 6.61 Å². The average Bonchev–Trinajstić information content (AvgIpc) is 3.19. The number of amidine groups is 1. The summed E-state index contributed by atoms with van der Waals surface area (Å²) in [5.41, 5.74) is 4.55. The number of hydrogen-bond donors (Lipinski definition) is 1. The molecule has 1 amide bonds. The summed E-state index contributed by atoms with van der Waals surface area (Å²) in [5.74, 6) is 0.819. The summed E-state index contributed by atoms with van der Waals surface area (Å²) >= 11 is 1.28. The van der Waals surface area contributed by atoms with Gasteiger partial charge in [0.05, 0.1) is 22.6 Å². The third-order valence-electron chi connectivity index (χ3n) is 5.26. The zero-order chi connectivity index (χ0) is 24.9. The molecular formula is C26H23N3O5S. The third-order valence-corrected chi connectivity index (χ3v) is 6.17. The number of amides is 1. The minimum Gasteiger partial charge on any atom is -0.493 e. The molecule has 0 radical (unpaired) electrons. The third kappa shape index (κ3) is 5.88. The first-order chi connectivity index (χ1) is 16.8. The summed E-state index contributed by atoms with van der Waals surface area (Å²) < 4.78 is 11.3. The van der Waals surface area contributed by atoms with Crippen molar-refractivity contribution in [1.29, 1.82) is 0 Å². The van der Waals surface area contributed by atoms with Crippen molar-refractivity contribution in [2.24, 2.45) is 4.99 Å². The Morgan fingerprint density at radius 3 is 2.54 bits per heavy atom. The lowest BCUT2D eigenvalue weighted by Gasteiger charge is -2.11. The van der Waals surface area contributed by atoms with Crippen LogP contribution in [0.4, 0.5) is 11.4 Å². The molecule has 0 aromatic heterocycles. The molecule has 3 aromatic rings. The van der Waals surface area contributed by atoms with E-state index in [1.165, 1.54) is 31.0 Å². The minimum atomic E-state index is -0.442. The summed E-state index contributed by atoms with van der Waals surface area (Å²) in [7, 11) is 1.54. The fourth-order valence-corrected chi connectivity index (χ4v) is 4.18. The highest BCUT2D eigenvalue weighted by Crippen LogP contribution is 2.33. The van der Waals surface area contributed by atoms with Gasteiger partial charge < -0.3 is 14.8 Å². The number of rotatable bonds is 7. The number of aliphatic imine (C=N–C) groups is 1. The van der Waals surface area contributed by atoms with Crippen LogP contribution in [0.15, 0.2) is 70.6 Å². The van der Waals surface area contributed by atoms with Crippen molar-refractivity contribution in [3.8, 4) is 11.5 Å². The molecule has 9 heteroatoms. The number of benzene rings is 3. The van der Waals surface area contributed by atoms with Gasteiger partial charge in [0, 0.05) is 12.1 Å². The van der Waals surface area contributed by atoms with Gasteiger partial charge in [0.15, 0.2) is 16.7 Å². The zero-order valence-corrected chi connectivity index (χ0v) is 20.2. The fraction of sp³-hybridized carbons (Fsp3) is 0.154. The molecule has 1 aliphatic rings. The topological polar surface area (TPSA) is 103 Å². The Morgan fingerprint density at radius 1 is 1.06 bits per heavy atom. The Kier molecular flexibility index (Phi) is 7.17. The Morgan fingerprint density at radius 2 is 1.83 bits per heavy atom. The predicted molar refractivity (Wildman–Crippen MR) is 137 cm³/mol. The van der Waals surface area contributed by atoms with Crippen molar-refractivity contribution in [2.45, 2.75) is 20.5 Å². The van der Waals surface area contributed by atoms with Gasteiger partial charge in [0.25, 0.3) is 11.6 Å². The van der Waals surface area contributed by atoms with Crippen LogP contribution < -0.4 is 14.8 Å². The van der Waals surface area contributed by atoms with Crippen molar-refractivity contribution in [2.75, 3.05) is 7.11 Å². The molecule has 178 valence electrons. The predicted octanol–water partition coefficient (Wildman–Crippen LogP) is 5.69. The Bertz CT molecular complexity index is 1350. The van der Waals surface area contributed by atoms with Gasteiger partial charge in [-0.05, 0) is 84.3 Å². The van der Waals surface area contributed by atoms with Crippen molar-refractivity contribution in [1.82, 2.24) is 5.32 Å². The number of nitrogens with one attached hydrogen (secondary N) is 1. The molecule has 0 aliphatic carbocycles. The van der Waals surface area contributed by atoms with E-state index in [1.807, 2.05) is 38.1 Å². The van der Waals surface area contributed by atoms with Crippen LogP contribution in [-0.2, 0) is 11.4 Å². The summed E-state index contributed by atoms with van der Waals surface area (Å²) in [4.78, 5) is 28.0. The minimum absolute atomic E-state index is 0.0276. The van der Waals surface area contributed by atoms with Gasteiger partial charge in [-0.15, -0.1) is 0 Å². The average molecular weight is 490 g/mol. The lowest BCUT2D eigenvalue weighted by Crippen LogP contribution is -2.19. The molecule has 0 atom stereocenters. The standard InChI is InChI=1S/C26H23N3O5S/c1-16-4-5-17(2)21(12-16)27-26-28-25(30)24(35-26)14-19-8-11-22(23(13-19)33-3)34-15-18-6-9-20(10-7-18)29(31)32/h4-14H,15H2,1-3H3,(H,27,28,30). The number of non-ortho nitro benzene ring substituents is 1. The van der Waals surface area contributed by atoms with Gasteiger partial charge in [0.2, 0.25) is 0 Å². The van der Waals surface area contributed by atoms with Gasteiger partial charge >= 0.3 is 0 Å². The first-order valence-electron chi connectivity index (χ1n) is 10.7. The van der Waals surface area contributed by atoms with Crippen LogP contribution in [0.3, 0.4) is 0 Å². The number of thioether (sulfide) groups is 1. The monoisotopic (exact) mass is 489 g/mol. The molecule has 0 bridgehead atoms. The van der Waals surface area contributed by atoms with Crippen LogP contribution in [0.5, 0.6) is 11.5 Å². The van der Waals surface area contributed by atoms with Crippen LogP contribution in [-0.4, -0.2) is 23.1 Å². The van der Waals surface area contributed by atoms with Crippen molar-refractivity contribution < 1.29 is 19.2 Å². The number of ether oxygens (including phenoxy) is 2. The number of aryl methyl sites for hydroxylation is 2. The van der Waals surface area contributed by atoms with Gasteiger partial charge in [-0.1, -0.05) is 18.2 Å². The Hall–Kier alpha value is -4.11. The van der Waals surface area contributed by atoms with Crippen LogP contribution in [0.1, 0.15) is 22.3 Å². The number of nitro benzene ring substituents is 1. The van der Waals surface area contributed by atoms with Crippen LogP contribution in [0, 0.1) is 24.0 Å². The SMILES string of the molecule is COc1cc(C=C2SC(=Nc3cc(C)ccc3C)NC2=O)ccc1OCc1ccc([N+](=O)[O-])cc1. The van der Waals surface area contributed by atoms with Crippen LogP contribution in [0.25, 0.3) is 6.08 Å². The lowest BCUT2D eigenvalue weighted by molar-refractivity contribution is -0.384. The van der Waals surface area contributed by atoms with Crippen LogP contribution >= 0.6 is 11.8 Å². The second-order valence-electron chi connectivity index (χ2n) is 7.89. The maximum Gasteiger partial charge on any atom is 0.269 e. The Balaban J connectivity index is 1.48. The molecule has 8 nitrogen and oxygen atoms in total. The molecular weight excluding hydrogens is 466 g/mol. The first kappa shape index (κ1) is 24.0. The highest BCUT2D eigenvalue weighted by molar-refractivity contribution is 8.18. The summed E-state index contributed by atoms with van der Waals surface area (Å²) in [6, 6.07) is 17.6. The number of hydrogen-bond acceptors (Lipinski definition) is 7. The van der Waals surface area contributed by atoms with Gasteiger partial charge in [-0.3, -0.25) is 14.9 Å². The quantitative estimate of drug-likeness (QED) is 0.260. The van der Waals surface area contributed by atoms with E-state index in [-0.39, 0.29) is 18.2 Å². The molecule has 0 unspecified atom stereocenters. The van der Waals surface area contributed by atoms with Crippen molar-refractivity contribution >= 4 is 40.3 Å². The molecule has 1 saturated heterocycles. The molecule has 3 aromatic carbocycles. The fourth-order valence-electron chi connectivity index (χ4n) is 3.35. The lowest BCUT2D eigenvalue weighted by atomic mass is 10.1. The largest absolute Gasteiger partial charge is 0.493 e. The van der Waals surface area contributed by atoms with Gasteiger partial charge in [-0.25, -0.2) is 4.99 Å². The maximum absolute atomic E-state index is 12.5. The molecule has 1 N–H and O–H groups in total. The Labute approximate surface area is 206 Å². The summed E-state index contributed by atoms with van der Waals surface area (Å²) in [5, 5.41) is 14.1. The smallest absolute Gasteiger partial charge is 0.269 e. The van der Waals surface area contributed by atoms with E-state index in [2.05, 4.69) is 10.3 Å². The molecule has 35 heavy (non-hydrogen) atoms. The van der Waals surface area contributed by atoms with E-state index in [4.69, 9.17) is 9.47 Å². The van der Waals surface area contributed by atoms with E-state index in [0.717, 1.165) is 27.9 Å². The number of carbonyl (C=O) groups excluding carboxylic acids is 1. The van der Waals surface area contributed by atoms with E-state index in [9.17, 15) is 14.9 Å². The number of nitro groups is 1. The number of methoxy groups -OCH3 is 1. The number of nitrogens with zero attached hydrogens (tertiary/aromatic N) is 2. The van der Waals surface area contributed by atoms with E-state index in [0.29, 0.717) is 21.6 Å². The van der Waals surface area contributed by atoms with Crippen molar-refractivity contribution in [3.05, 3.63) is 97.9 Å². The number of carbonyl (C=O) groups is 1. The van der Waals surface area contributed by atoms with E-state index in [1.54, 1.807) is 30.3 Å². The molecule has 0 spiro atoms.